The average molecular weight is 535 g/mol. The van der Waals surface area contributed by atoms with Crippen LogP contribution in [-0.4, -0.2) is 84.6 Å². The van der Waals surface area contributed by atoms with Gasteiger partial charge in [0.25, 0.3) is 5.91 Å². The van der Waals surface area contributed by atoms with Gasteiger partial charge in [0.1, 0.15) is 0 Å². The van der Waals surface area contributed by atoms with Crippen molar-refractivity contribution in [3.8, 4) is 0 Å². The van der Waals surface area contributed by atoms with Crippen molar-refractivity contribution in [1.82, 2.24) is 19.7 Å². The van der Waals surface area contributed by atoms with Gasteiger partial charge in [-0.05, 0) is 83.3 Å². The molecule has 4 rings (SSSR count). The van der Waals surface area contributed by atoms with Gasteiger partial charge < -0.3 is 19.4 Å². The van der Waals surface area contributed by atoms with Gasteiger partial charge >= 0.3 is 6.09 Å². The Hall–Kier alpha value is -2.03. The summed E-state index contributed by atoms with van der Waals surface area (Å²) in [6.45, 7) is 6.84. The van der Waals surface area contributed by atoms with Gasteiger partial charge in [-0.1, -0.05) is 24.6 Å². The van der Waals surface area contributed by atoms with E-state index in [1.807, 2.05) is 36.9 Å². The minimum Gasteiger partial charge on any atom is -0.449 e. The molecule has 1 aliphatic carbocycles. The number of fused-ring (bicyclic) bond motifs is 2. The standard InChI is InChI=1S/C27H37ClN4O3.H2S/c1-5-14-35-27(34)31-12-13-32(18(2)17-31)26(33)20-7-9-22-24(16-20)29-23-15-19(10-11-30(3)4)6-8-21(23)25(22)28;/h7,9,16,18-19H,5-6,8,10-15,17H2,1-4H3;1H2/t18-,19?;/m0./s1. The maximum Gasteiger partial charge on any atom is 0.409 e. The number of carbonyl (C=O) groups is 2. The normalized spacial score (nSPS) is 19.7. The molecule has 7 nitrogen and oxygen atoms in total. The van der Waals surface area contributed by atoms with E-state index in [1.54, 1.807) is 4.90 Å². The van der Waals surface area contributed by atoms with Crippen molar-refractivity contribution in [1.29, 1.82) is 0 Å². The van der Waals surface area contributed by atoms with Crippen LogP contribution >= 0.6 is 25.1 Å². The summed E-state index contributed by atoms with van der Waals surface area (Å²) in [6.07, 6.45) is 4.67. The largest absolute Gasteiger partial charge is 0.449 e. The van der Waals surface area contributed by atoms with Crippen molar-refractivity contribution < 1.29 is 14.3 Å². The molecule has 2 heterocycles. The first kappa shape index (κ1) is 28.5. The van der Waals surface area contributed by atoms with Gasteiger partial charge in [0, 0.05) is 42.3 Å². The Kier molecular flexibility index (Phi) is 9.89. The third-order valence-corrected chi connectivity index (χ3v) is 7.63. The summed E-state index contributed by atoms with van der Waals surface area (Å²) in [6, 6.07) is 5.56. The third kappa shape index (κ3) is 6.26. The first-order valence-electron chi connectivity index (χ1n) is 12.8. The van der Waals surface area contributed by atoms with Gasteiger partial charge in [-0.3, -0.25) is 9.78 Å². The van der Waals surface area contributed by atoms with Crippen LogP contribution in [0.1, 0.15) is 54.7 Å². The van der Waals surface area contributed by atoms with E-state index in [-0.39, 0.29) is 31.5 Å². The maximum absolute atomic E-state index is 13.4. The number of hydrogen-bond donors (Lipinski definition) is 0. The molecule has 198 valence electrons. The Balaban J connectivity index is 0.00000361. The molecular weight excluding hydrogens is 496 g/mol. The maximum atomic E-state index is 13.4. The Bertz CT molecular complexity index is 1100. The number of carbonyl (C=O) groups excluding carboxylic acids is 2. The first-order valence-corrected chi connectivity index (χ1v) is 13.1. The molecule has 0 radical (unpaired) electrons. The molecule has 1 aliphatic heterocycles. The van der Waals surface area contributed by atoms with Crippen molar-refractivity contribution in [2.75, 3.05) is 46.9 Å². The van der Waals surface area contributed by atoms with Gasteiger partial charge in [0.05, 0.1) is 17.1 Å². The lowest BCUT2D eigenvalue weighted by Crippen LogP contribution is -2.55. The van der Waals surface area contributed by atoms with Gasteiger partial charge in [0.15, 0.2) is 0 Å². The number of piperazine rings is 1. The monoisotopic (exact) mass is 534 g/mol. The second-order valence-corrected chi connectivity index (χ2v) is 10.6. The lowest BCUT2D eigenvalue weighted by atomic mass is 9.84. The molecule has 1 aromatic carbocycles. The fourth-order valence-corrected chi connectivity index (χ4v) is 5.51. The number of hydrogen-bond acceptors (Lipinski definition) is 5. The second-order valence-electron chi connectivity index (χ2n) is 10.2. The van der Waals surface area contributed by atoms with E-state index >= 15 is 0 Å². The number of pyridine rings is 1. The molecule has 0 N–H and O–H groups in total. The smallest absolute Gasteiger partial charge is 0.409 e. The van der Waals surface area contributed by atoms with Crippen LogP contribution in [0.3, 0.4) is 0 Å². The molecule has 1 fully saturated rings. The highest BCUT2D eigenvalue weighted by atomic mass is 35.5. The van der Waals surface area contributed by atoms with E-state index in [0.29, 0.717) is 37.7 Å². The van der Waals surface area contributed by atoms with Crippen molar-refractivity contribution in [3.05, 3.63) is 40.0 Å². The number of aromatic nitrogens is 1. The SMILES string of the molecule is CCCOC(=O)N1CCN(C(=O)c2ccc3c(Cl)c4c(nc3c2)CC(CCN(C)C)CC4)[C@@H](C)C1.S. The number of halogens is 1. The quantitative estimate of drug-likeness (QED) is 0.535. The van der Waals surface area contributed by atoms with Crippen LogP contribution in [0.15, 0.2) is 18.2 Å². The number of ether oxygens (including phenoxy) is 1. The zero-order chi connectivity index (χ0) is 25.1. The Morgan fingerprint density at radius 2 is 2.03 bits per heavy atom. The minimum atomic E-state index is -0.302. The fourth-order valence-electron chi connectivity index (χ4n) is 5.15. The molecule has 2 amide bonds. The summed E-state index contributed by atoms with van der Waals surface area (Å²) < 4.78 is 5.26. The highest BCUT2D eigenvalue weighted by Crippen LogP contribution is 2.36. The number of rotatable bonds is 6. The molecule has 0 bridgehead atoms. The molecule has 1 aromatic heterocycles. The van der Waals surface area contributed by atoms with Crippen molar-refractivity contribution >= 4 is 48.0 Å². The minimum absolute atomic E-state index is 0. The number of amides is 2. The van der Waals surface area contributed by atoms with Gasteiger partial charge in [-0.2, -0.15) is 13.5 Å². The van der Waals surface area contributed by atoms with Crippen LogP contribution in [0.2, 0.25) is 5.02 Å². The van der Waals surface area contributed by atoms with E-state index in [2.05, 4.69) is 19.0 Å². The zero-order valence-corrected chi connectivity index (χ0v) is 23.6. The summed E-state index contributed by atoms with van der Waals surface area (Å²) >= 11 is 6.83. The molecule has 2 aromatic rings. The molecule has 36 heavy (non-hydrogen) atoms. The second kappa shape index (κ2) is 12.5. The van der Waals surface area contributed by atoms with Crippen LogP contribution in [0.25, 0.3) is 10.9 Å². The molecule has 0 saturated carbocycles. The summed E-state index contributed by atoms with van der Waals surface area (Å²) in [5.41, 5.74) is 3.63. The zero-order valence-electron chi connectivity index (χ0n) is 21.8. The summed E-state index contributed by atoms with van der Waals surface area (Å²) in [4.78, 5) is 36.4. The van der Waals surface area contributed by atoms with Crippen LogP contribution in [0.4, 0.5) is 4.79 Å². The average Bonchev–Trinajstić information content (AvgIpc) is 2.85. The topological polar surface area (TPSA) is 66.0 Å². The molecule has 2 atom stereocenters. The summed E-state index contributed by atoms with van der Waals surface area (Å²) in [5, 5.41) is 1.69. The van der Waals surface area contributed by atoms with Crippen molar-refractivity contribution in [3.63, 3.8) is 0 Å². The van der Waals surface area contributed by atoms with E-state index in [4.69, 9.17) is 21.3 Å². The van der Waals surface area contributed by atoms with E-state index in [1.165, 1.54) is 5.56 Å². The van der Waals surface area contributed by atoms with Crippen molar-refractivity contribution in [2.24, 2.45) is 5.92 Å². The van der Waals surface area contributed by atoms with E-state index in [9.17, 15) is 9.59 Å². The molecular formula is C27H39ClN4O3S. The van der Waals surface area contributed by atoms with E-state index < -0.39 is 0 Å². The van der Waals surface area contributed by atoms with Crippen LogP contribution in [0, 0.1) is 5.92 Å². The molecule has 9 heteroatoms. The molecule has 1 unspecified atom stereocenters. The van der Waals surface area contributed by atoms with Crippen LogP contribution in [0.5, 0.6) is 0 Å². The predicted octanol–water partition coefficient (Wildman–Crippen LogP) is 4.75. The van der Waals surface area contributed by atoms with E-state index in [0.717, 1.165) is 60.3 Å². The Morgan fingerprint density at radius 1 is 1.25 bits per heavy atom. The van der Waals surface area contributed by atoms with Crippen LogP contribution < -0.4 is 0 Å². The fraction of sp³-hybridized carbons (Fsp3) is 0.593. The van der Waals surface area contributed by atoms with Gasteiger partial charge in [-0.15, -0.1) is 0 Å². The van der Waals surface area contributed by atoms with Crippen LogP contribution in [-0.2, 0) is 17.6 Å². The lowest BCUT2D eigenvalue weighted by molar-refractivity contribution is 0.0414. The molecule has 0 spiro atoms. The molecule has 2 aliphatic rings. The van der Waals surface area contributed by atoms with Gasteiger partial charge in [-0.25, -0.2) is 4.79 Å². The third-order valence-electron chi connectivity index (χ3n) is 7.20. The summed E-state index contributed by atoms with van der Waals surface area (Å²) in [5.74, 6) is 0.567. The predicted molar refractivity (Wildman–Crippen MR) is 150 cm³/mol. The lowest BCUT2D eigenvalue weighted by Gasteiger charge is -2.39. The summed E-state index contributed by atoms with van der Waals surface area (Å²) in [7, 11) is 4.22. The van der Waals surface area contributed by atoms with Gasteiger partial charge in [0.2, 0.25) is 0 Å². The number of nitrogens with zero attached hydrogens (tertiary/aromatic N) is 4. The number of benzene rings is 1. The molecule has 1 saturated heterocycles. The highest BCUT2D eigenvalue weighted by Gasteiger charge is 2.31. The highest BCUT2D eigenvalue weighted by molar-refractivity contribution is 7.59. The van der Waals surface area contributed by atoms with Crippen molar-refractivity contribution in [2.45, 2.75) is 52.0 Å². The first-order chi connectivity index (χ1) is 16.8. The Morgan fingerprint density at radius 3 is 2.72 bits per heavy atom. The Labute approximate surface area is 226 Å².